The molecule has 0 radical (unpaired) electrons. The number of aryl methyl sites for hydroxylation is 1. The van der Waals surface area contributed by atoms with Crippen molar-refractivity contribution >= 4 is 70.9 Å². The maximum Gasteiger partial charge on any atom is 0.329 e. The van der Waals surface area contributed by atoms with E-state index < -0.39 is 193 Å². The quantitative estimate of drug-likeness (QED) is 0.0328. The number of aliphatic hydroxyl groups is 2. The molecular formula is C60H98N12O16. The molecule has 0 bridgehead atoms. The van der Waals surface area contributed by atoms with Crippen LogP contribution in [0.25, 0.3) is 0 Å². The number of benzene rings is 1. The summed E-state index contributed by atoms with van der Waals surface area (Å²) in [6, 6.07) is -4.60. The lowest BCUT2D eigenvalue weighted by atomic mass is 9.94. The Balaban J connectivity index is 1.84. The van der Waals surface area contributed by atoms with Gasteiger partial charge in [0.25, 0.3) is 0 Å². The van der Waals surface area contributed by atoms with Crippen molar-refractivity contribution in [2.75, 3.05) is 34.0 Å². The van der Waals surface area contributed by atoms with Crippen LogP contribution in [-0.2, 0) is 73.4 Å². The number of primary amides is 1. The van der Waals surface area contributed by atoms with Gasteiger partial charge < -0.3 is 83.9 Å². The van der Waals surface area contributed by atoms with Crippen molar-refractivity contribution in [3.63, 3.8) is 0 Å². The van der Waals surface area contributed by atoms with Gasteiger partial charge in [-0.25, -0.2) is 4.79 Å². The number of aliphatic hydroxyl groups excluding tert-OH is 2. The lowest BCUT2D eigenvalue weighted by Crippen LogP contribution is -2.63. The Bertz CT molecular complexity index is 2560. The summed E-state index contributed by atoms with van der Waals surface area (Å²) in [6.45, 7) is 14.6. The third kappa shape index (κ3) is 21.5. The van der Waals surface area contributed by atoms with Crippen LogP contribution in [-0.4, -0.2) is 187 Å². The molecule has 1 aliphatic carbocycles. The average Bonchev–Trinajstić information content (AvgIpc) is 2.00. The molecule has 0 aromatic heterocycles. The number of carbonyl (C=O) groups is 12. The second-order valence-corrected chi connectivity index (χ2v) is 23.4. The van der Waals surface area contributed by atoms with Crippen LogP contribution in [0.1, 0.15) is 133 Å². The van der Waals surface area contributed by atoms with E-state index in [1.165, 1.54) is 21.0 Å². The fourth-order valence-electron chi connectivity index (χ4n) is 9.99. The Hall–Kier alpha value is -7.30. The number of esters is 1. The van der Waals surface area contributed by atoms with Crippen molar-refractivity contribution in [3.8, 4) is 0 Å². The van der Waals surface area contributed by atoms with Crippen LogP contribution in [0.4, 0.5) is 0 Å². The third-order valence-electron chi connectivity index (χ3n) is 16.9. The van der Waals surface area contributed by atoms with E-state index in [1.807, 2.05) is 30.3 Å². The van der Waals surface area contributed by atoms with Crippen LogP contribution in [0.15, 0.2) is 30.3 Å². The van der Waals surface area contributed by atoms with Crippen LogP contribution in [0.2, 0.25) is 0 Å². The topological polar surface area (TPSA) is 422 Å². The van der Waals surface area contributed by atoms with Crippen LogP contribution in [0, 0.1) is 29.6 Å². The SMILES string of the molecule is CC[C@H](C)[C@H](NC(=O)[C@@H](CCc1ccccc1)NC)C(=O)N[C@@H](CO)C(=O)N[C@H](CCC(N)=O)C(=O)N[C@@H](C(=O)N[C@H](C(=O)N[C@@H](CO)C(=O)N[C@H]1C(=O)N[C@@H](C)C(=O)NC2(CC2CCOC)C(=O)N[C@@H]([C@@H](C)CC)C(=O)O[C@H]1C)[C@@H](C)CC)[C@@H](C)CC. The number of amides is 11. The molecule has 1 heterocycles. The number of likely N-dealkylation sites (N-methyl/N-ethyl adjacent to an activating group) is 1. The van der Waals surface area contributed by atoms with Gasteiger partial charge in [0.15, 0.2) is 0 Å². The van der Waals surface area contributed by atoms with Crippen LogP contribution in [0.5, 0.6) is 0 Å². The monoisotopic (exact) mass is 1240 g/mol. The van der Waals surface area contributed by atoms with Gasteiger partial charge in [0.1, 0.15) is 66.0 Å². The number of nitrogens with two attached hydrogens (primary N) is 1. The Kier molecular flexibility index (Phi) is 30.9. The average molecular weight is 1240 g/mol. The molecular weight excluding hydrogens is 1140 g/mol. The van der Waals surface area contributed by atoms with Crippen LogP contribution >= 0.6 is 0 Å². The number of carbonyl (C=O) groups excluding carboxylic acids is 12. The Labute approximate surface area is 515 Å². The summed E-state index contributed by atoms with van der Waals surface area (Å²) in [5.74, 6) is -13.2. The molecule has 11 amide bonds. The molecule has 2 unspecified atom stereocenters. The largest absolute Gasteiger partial charge is 0.458 e. The lowest BCUT2D eigenvalue weighted by Gasteiger charge is -2.31. The van der Waals surface area contributed by atoms with E-state index in [2.05, 4.69) is 58.5 Å². The van der Waals surface area contributed by atoms with Gasteiger partial charge in [-0.3, -0.25) is 52.7 Å². The Morgan fingerprint density at radius 3 is 1.64 bits per heavy atom. The molecule has 2 fully saturated rings. The standard InChI is InChI=1S/C60H98N12O16/c1-13-31(5)44(67-50(77)39(62-11)23-22-37-20-18-17-19-21-37)54(81)65-41(29-73)52(79)64-40(24-25-43(61)75)51(78)68-46(33(7)15-3)56(83)69-45(32(6)14-2)55(82)66-42(30-74)53(80)70-48-36(10)88-58(85)47(34(8)16-4)71-59(86)60(28-38(60)26-27-87-12)72-49(76)35(9)63-57(48)84/h17-21,31-36,38-42,44-48,62,73-74H,13-16,22-30H2,1-12H3,(H2,61,75)(H,63,84)(H,64,79)(H,65,81)(H,66,82)(H,67,77)(H,68,78)(H,69,83)(H,70,80)(H,71,86)(H,72,76)/t31-,32-,33-,34-,35-,36-,38?,39+,40+,41-,42-,44-,45-,46+,47-,48+,60?/m0/s1. The molecule has 1 saturated carbocycles. The molecule has 1 aromatic rings. The van der Waals surface area contributed by atoms with Gasteiger partial charge in [-0.15, -0.1) is 0 Å². The minimum atomic E-state index is -1.81. The zero-order chi connectivity index (χ0) is 66.2. The fraction of sp³-hybridized carbons (Fsp3) is 0.700. The first-order chi connectivity index (χ1) is 41.6. The first-order valence-corrected chi connectivity index (χ1v) is 30.6. The van der Waals surface area contributed by atoms with E-state index in [-0.39, 0.29) is 31.8 Å². The second-order valence-electron chi connectivity index (χ2n) is 23.4. The zero-order valence-electron chi connectivity index (χ0n) is 53.0. The van der Waals surface area contributed by atoms with Gasteiger partial charge in [-0.05, 0) is 88.2 Å². The normalized spacial score (nSPS) is 23.3. The van der Waals surface area contributed by atoms with Crippen LogP contribution in [0.3, 0.4) is 0 Å². The highest BCUT2D eigenvalue weighted by molar-refractivity contribution is 6.01. The van der Waals surface area contributed by atoms with Gasteiger partial charge in [0, 0.05) is 20.1 Å². The maximum atomic E-state index is 14.4. The van der Waals surface area contributed by atoms with E-state index in [4.69, 9.17) is 15.2 Å². The highest BCUT2D eigenvalue weighted by atomic mass is 16.5. The molecule has 1 spiro atoms. The number of hydrogen-bond donors (Lipinski definition) is 14. The first-order valence-electron chi connectivity index (χ1n) is 30.6. The summed E-state index contributed by atoms with van der Waals surface area (Å²) in [6.07, 6.45) is 0.644. The highest BCUT2D eigenvalue weighted by Gasteiger charge is 2.61. The van der Waals surface area contributed by atoms with E-state index in [0.717, 1.165) is 5.56 Å². The van der Waals surface area contributed by atoms with Crippen molar-refractivity contribution in [1.29, 1.82) is 0 Å². The van der Waals surface area contributed by atoms with Crippen molar-refractivity contribution in [1.82, 2.24) is 58.5 Å². The maximum absolute atomic E-state index is 14.4. The summed E-state index contributed by atoms with van der Waals surface area (Å²) in [7, 11) is 3.11. The summed E-state index contributed by atoms with van der Waals surface area (Å²) in [5, 5.41) is 49.8. The molecule has 1 aliphatic heterocycles. The summed E-state index contributed by atoms with van der Waals surface area (Å²) < 4.78 is 11.0. The highest BCUT2D eigenvalue weighted by Crippen LogP contribution is 2.46. The molecule has 17 atom stereocenters. The van der Waals surface area contributed by atoms with Crippen molar-refractivity contribution in [2.45, 2.75) is 206 Å². The van der Waals surface area contributed by atoms with Crippen molar-refractivity contribution < 1.29 is 77.2 Å². The Morgan fingerprint density at radius 1 is 0.659 bits per heavy atom. The van der Waals surface area contributed by atoms with E-state index in [0.29, 0.717) is 32.1 Å². The van der Waals surface area contributed by atoms with E-state index in [9.17, 15) is 67.7 Å². The summed E-state index contributed by atoms with van der Waals surface area (Å²) >= 11 is 0. The molecule has 15 N–H and O–H groups in total. The first kappa shape index (κ1) is 75.0. The minimum absolute atomic E-state index is 0.232. The van der Waals surface area contributed by atoms with Crippen molar-refractivity contribution in [3.05, 3.63) is 35.9 Å². The Morgan fingerprint density at radius 2 is 1.15 bits per heavy atom. The molecule has 494 valence electrons. The predicted octanol–water partition coefficient (Wildman–Crippen LogP) is -2.12. The summed E-state index contributed by atoms with van der Waals surface area (Å²) in [5.41, 5.74) is 5.05. The van der Waals surface area contributed by atoms with Gasteiger partial charge in [-0.2, -0.15) is 0 Å². The van der Waals surface area contributed by atoms with Crippen molar-refractivity contribution in [2.24, 2.45) is 35.3 Å². The zero-order valence-corrected chi connectivity index (χ0v) is 53.0. The minimum Gasteiger partial charge on any atom is -0.458 e. The van der Waals surface area contributed by atoms with Gasteiger partial charge in [-0.1, -0.05) is 111 Å². The molecule has 28 nitrogen and oxygen atoms in total. The van der Waals surface area contributed by atoms with E-state index in [1.54, 1.807) is 62.4 Å². The number of nitrogens with one attached hydrogen (secondary N) is 11. The fourth-order valence-corrected chi connectivity index (χ4v) is 9.99. The molecule has 2 aliphatic rings. The molecule has 1 aromatic carbocycles. The van der Waals surface area contributed by atoms with E-state index >= 15 is 0 Å². The lowest BCUT2D eigenvalue weighted by molar-refractivity contribution is -0.157. The summed E-state index contributed by atoms with van der Waals surface area (Å²) in [4.78, 5) is 166. The number of ether oxygens (including phenoxy) is 2. The number of rotatable bonds is 34. The van der Waals surface area contributed by atoms with Gasteiger partial charge in [0.05, 0.1) is 19.3 Å². The number of hydrogen-bond acceptors (Lipinski definition) is 17. The van der Waals surface area contributed by atoms with Gasteiger partial charge in [0.2, 0.25) is 65.0 Å². The third-order valence-corrected chi connectivity index (χ3v) is 16.9. The molecule has 3 rings (SSSR count). The predicted molar refractivity (Wildman–Crippen MR) is 322 cm³/mol. The van der Waals surface area contributed by atoms with Crippen LogP contribution < -0.4 is 64.2 Å². The van der Waals surface area contributed by atoms with Gasteiger partial charge >= 0.3 is 5.97 Å². The molecule has 88 heavy (non-hydrogen) atoms. The second kappa shape index (κ2) is 36.2. The smallest absolute Gasteiger partial charge is 0.329 e. The number of cyclic esters (lactones) is 1. The molecule has 28 heteroatoms. The number of methoxy groups -OCH3 is 1. The molecule has 1 saturated heterocycles.